The second-order valence-electron chi connectivity index (χ2n) is 9.39. The number of nitrogens with zero attached hydrogens (tertiary/aromatic N) is 2. The van der Waals surface area contributed by atoms with Crippen LogP contribution in [0.2, 0.25) is 0 Å². The molecule has 2 rings (SSSR count). The first-order valence-electron chi connectivity index (χ1n) is 13.4. The number of alkyl halides is 2. The smallest absolute Gasteiger partial charge is 0.159 e. The molecule has 34 heavy (non-hydrogen) atoms. The summed E-state index contributed by atoms with van der Waals surface area (Å²) in [5, 5.41) is 0. The fourth-order valence-electron chi connectivity index (χ4n) is 4.05. The molecule has 0 amide bonds. The Bertz CT molecular complexity index is 752. The zero-order chi connectivity index (χ0) is 24.4. The van der Waals surface area contributed by atoms with Gasteiger partial charge in [-0.15, -0.1) is 0 Å². The maximum Gasteiger partial charge on any atom is 0.159 e. The molecule has 2 atom stereocenters. The van der Waals surface area contributed by atoms with Crippen molar-refractivity contribution in [3.63, 3.8) is 0 Å². The van der Waals surface area contributed by atoms with Gasteiger partial charge in [-0.3, -0.25) is 0 Å². The summed E-state index contributed by atoms with van der Waals surface area (Å²) in [5.74, 6) is 1.08. The van der Waals surface area contributed by atoms with Gasteiger partial charge in [0.05, 0.1) is 12.4 Å². The highest BCUT2D eigenvalue weighted by molar-refractivity contribution is 5.55. The summed E-state index contributed by atoms with van der Waals surface area (Å²) in [6.45, 7) is 4.25. The summed E-state index contributed by atoms with van der Waals surface area (Å²) >= 11 is 0. The van der Waals surface area contributed by atoms with Crippen molar-refractivity contribution < 1.29 is 13.5 Å². The van der Waals surface area contributed by atoms with Crippen LogP contribution in [0.5, 0.6) is 5.75 Å². The van der Waals surface area contributed by atoms with E-state index in [1.165, 1.54) is 50.5 Å². The topological polar surface area (TPSA) is 35.0 Å². The third kappa shape index (κ3) is 11.9. The van der Waals surface area contributed by atoms with Crippen LogP contribution in [0.15, 0.2) is 36.7 Å². The Balaban J connectivity index is 1.66. The van der Waals surface area contributed by atoms with E-state index in [0.717, 1.165) is 24.8 Å². The lowest BCUT2D eigenvalue weighted by molar-refractivity contribution is 0.177. The molecule has 5 heteroatoms. The Kier molecular flexibility index (Phi) is 14.4. The van der Waals surface area contributed by atoms with E-state index in [0.29, 0.717) is 37.3 Å². The molecule has 1 aromatic heterocycles. The predicted octanol–water partition coefficient (Wildman–Crippen LogP) is 8.85. The molecule has 0 N–H and O–H groups in total. The van der Waals surface area contributed by atoms with Crippen molar-refractivity contribution in [2.45, 2.75) is 116 Å². The maximum absolute atomic E-state index is 14.1. The zero-order valence-corrected chi connectivity index (χ0v) is 21.3. The molecule has 0 saturated carbocycles. The zero-order valence-electron chi connectivity index (χ0n) is 21.3. The molecule has 0 bridgehead atoms. The number of aryl methyl sites for hydroxylation is 1. The standard InChI is InChI=1S/C29H44F2N2O/c1-3-5-7-8-9-10-11-13-24-17-19-25(20-18-24)29-32-21-28(22-33-29)34-23-27(31)16-12-15-26(30)14-6-4-2/h17-22,26-27H,3-16,23H2,1-2H3. The van der Waals surface area contributed by atoms with E-state index in [1.807, 2.05) is 6.92 Å². The van der Waals surface area contributed by atoms with Gasteiger partial charge < -0.3 is 4.74 Å². The van der Waals surface area contributed by atoms with Crippen LogP contribution in [0.25, 0.3) is 11.4 Å². The molecule has 0 spiro atoms. The van der Waals surface area contributed by atoms with Gasteiger partial charge >= 0.3 is 0 Å². The third-order valence-corrected chi connectivity index (χ3v) is 6.25. The molecule has 2 unspecified atom stereocenters. The average Bonchev–Trinajstić information content (AvgIpc) is 2.86. The molecule has 2 aromatic rings. The maximum atomic E-state index is 14.1. The van der Waals surface area contributed by atoms with E-state index >= 15 is 0 Å². The van der Waals surface area contributed by atoms with Gasteiger partial charge in [0, 0.05) is 5.56 Å². The van der Waals surface area contributed by atoms with Crippen LogP contribution in [-0.4, -0.2) is 28.9 Å². The average molecular weight is 475 g/mol. The summed E-state index contributed by atoms with van der Waals surface area (Å²) in [6, 6.07) is 8.42. The minimum Gasteiger partial charge on any atom is -0.487 e. The van der Waals surface area contributed by atoms with Gasteiger partial charge in [0.2, 0.25) is 0 Å². The first-order valence-corrected chi connectivity index (χ1v) is 13.4. The van der Waals surface area contributed by atoms with Gasteiger partial charge in [-0.05, 0) is 44.1 Å². The van der Waals surface area contributed by atoms with Crippen LogP contribution in [0, 0.1) is 0 Å². The highest BCUT2D eigenvalue weighted by Crippen LogP contribution is 2.20. The molecule has 1 aromatic carbocycles. The SMILES string of the molecule is CCCCCCCCCc1ccc(-c2ncc(OCC(F)CCCC(F)CCCC)cn2)cc1. The highest BCUT2D eigenvalue weighted by Gasteiger charge is 2.11. The first-order chi connectivity index (χ1) is 16.6. The number of unbranched alkanes of at least 4 members (excludes halogenated alkanes) is 7. The molecular weight excluding hydrogens is 430 g/mol. The Labute approximate surface area is 205 Å². The lowest BCUT2D eigenvalue weighted by Gasteiger charge is -2.11. The Morgan fingerprint density at radius 3 is 1.97 bits per heavy atom. The van der Waals surface area contributed by atoms with Crippen molar-refractivity contribution in [3.05, 3.63) is 42.2 Å². The van der Waals surface area contributed by atoms with Crippen molar-refractivity contribution in [1.82, 2.24) is 9.97 Å². The first kappa shape index (κ1) is 28.2. The van der Waals surface area contributed by atoms with Crippen molar-refractivity contribution in [1.29, 1.82) is 0 Å². The van der Waals surface area contributed by atoms with Crippen molar-refractivity contribution >= 4 is 0 Å². The van der Waals surface area contributed by atoms with Gasteiger partial charge in [-0.2, -0.15) is 0 Å². The van der Waals surface area contributed by atoms with Crippen molar-refractivity contribution in [2.24, 2.45) is 0 Å². The van der Waals surface area contributed by atoms with Gasteiger partial charge in [-0.1, -0.05) is 89.5 Å². The summed E-state index contributed by atoms with van der Waals surface area (Å²) in [7, 11) is 0. The molecule has 0 radical (unpaired) electrons. The fourth-order valence-corrected chi connectivity index (χ4v) is 4.05. The van der Waals surface area contributed by atoms with Crippen molar-refractivity contribution in [3.8, 4) is 17.1 Å². The fraction of sp³-hybridized carbons (Fsp3) is 0.655. The Hall–Kier alpha value is -2.04. The number of aromatic nitrogens is 2. The van der Waals surface area contributed by atoms with Gasteiger partial charge in [0.25, 0.3) is 0 Å². The molecule has 0 saturated heterocycles. The summed E-state index contributed by atoms with van der Waals surface area (Å²) in [4.78, 5) is 8.75. The van der Waals surface area contributed by atoms with Gasteiger partial charge in [-0.25, -0.2) is 18.7 Å². The Morgan fingerprint density at radius 1 is 0.706 bits per heavy atom. The van der Waals surface area contributed by atoms with Crippen LogP contribution in [0.1, 0.15) is 103 Å². The van der Waals surface area contributed by atoms with Gasteiger partial charge in [0.15, 0.2) is 11.6 Å². The Morgan fingerprint density at radius 2 is 1.29 bits per heavy atom. The second kappa shape index (κ2) is 17.4. The molecule has 1 heterocycles. The lowest BCUT2D eigenvalue weighted by atomic mass is 10.0. The second-order valence-corrected chi connectivity index (χ2v) is 9.39. The van der Waals surface area contributed by atoms with Crippen LogP contribution in [0.4, 0.5) is 8.78 Å². The van der Waals surface area contributed by atoms with E-state index in [1.54, 1.807) is 12.4 Å². The predicted molar refractivity (Wildman–Crippen MR) is 138 cm³/mol. The molecule has 0 aliphatic heterocycles. The molecule has 0 aliphatic carbocycles. The highest BCUT2D eigenvalue weighted by atomic mass is 19.1. The van der Waals surface area contributed by atoms with Crippen LogP contribution < -0.4 is 4.74 Å². The van der Waals surface area contributed by atoms with E-state index in [9.17, 15) is 8.78 Å². The van der Waals surface area contributed by atoms with Crippen molar-refractivity contribution in [2.75, 3.05) is 6.61 Å². The minimum atomic E-state index is -1.11. The minimum absolute atomic E-state index is 0.0537. The van der Waals surface area contributed by atoms with E-state index in [2.05, 4.69) is 41.2 Å². The number of rotatable bonds is 19. The van der Waals surface area contributed by atoms with E-state index in [-0.39, 0.29) is 6.61 Å². The van der Waals surface area contributed by atoms with E-state index < -0.39 is 12.3 Å². The largest absolute Gasteiger partial charge is 0.487 e. The quantitative estimate of drug-likeness (QED) is 0.191. The molecular formula is C29H44F2N2O. The normalized spacial score (nSPS) is 13.1. The third-order valence-electron chi connectivity index (χ3n) is 6.25. The molecule has 190 valence electrons. The van der Waals surface area contributed by atoms with E-state index in [4.69, 9.17) is 4.74 Å². The molecule has 0 fully saturated rings. The summed E-state index contributed by atoms with van der Waals surface area (Å²) in [5.41, 5.74) is 2.30. The van der Waals surface area contributed by atoms with Crippen LogP contribution in [-0.2, 0) is 6.42 Å². The number of ether oxygens (including phenoxy) is 1. The van der Waals surface area contributed by atoms with Crippen LogP contribution in [0.3, 0.4) is 0 Å². The lowest BCUT2D eigenvalue weighted by Crippen LogP contribution is -2.14. The summed E-state index contributed by atoms with van der Waals surface area (Å²) < 4.78 is 33.2. The molecule has 3 nitrogen and oxygen atoms in total. The number of hydrogen-bond acceptors (Lipinski definition) is 3. The molecule has 0 aliphatic rings. The summed E-state index contributed by atoms with van der Waals surface area (Å²) in [6.07, 6.45) is 15.3. The number of benzene rings is 1. The van der Waals surface area contributed by atoms with Crippen LogP contribution >= 0.6 is 0 Å². The van der Waals surface area contributed by atoms with Gasteiger partial charge in [0.1, 0.15) is 19.0 Å². The number of hydrogen-bond donors (Lipinski definition) is 0. The monoisotopic (exact) mass is 474 g/mol. The number of halogens is 2.